The summed E-state index contributed by atoms with van der Waals surface area (Å²) >= 11 is 1.87. The normalized spacial score (nSPS) is 19.2. The fourth-order valence-corrected chi connectivity index (χ4v) is 3.96. The number of methoxy groups -OCH3 is 1. The lowest BCUT2D eigenvalue weighted by Crippen LogP contribution is -2.39. The highest BCUT2D eigenvalue weighted by Crippen LogP contribution is 2.24. The zero-order valence-corrected chi connectivity index (χ0v) is 14.0. The molecule has 1 unspecified atom stereocenters. The number of ether oxygens (including phenoxy) is 1. The summed E-state index contributed by atoms with van der Waals surface area (Å²) in [6, 6.07) is 9.06. The minimum Gasteiger partial charge on any atom is -0.497 e. The highest BCUT2D eigenvalue weighted by atomic mass is 32.1. The molecule has 0 saturated carbocycles. The summed E-state index contributed by atoms with van der Waals surface area (Å²) in [6.45, 7) is 2.13. The molecule has 1 saturated heterocycles. The second kappa shape index (κ2) is 7.75. The zero-order chi connectivity index (χ0) is 15.2. The molecule has 0 aromatic carbocycles. The topological polar surface area (TPSA) is 25.4 Å². The lowest BCUT2D eigenvalue weighted by Gasteiger charge is -2.35. The lowest BCUT2D eigenvalue weighted by molar-refractivity contribution is 0.131. The van der Waals surface area contributed by atoms with E-state index in [1.165, 1.54) is 43.5 Å². The minimum atomic E-state index is 0.684. The largest absolute Gasteiger partial charge is 0.497 e. The van der Waals surface area contributed by atoms with Gasteiger partial charge in [-0.05, 0) is 49.7 Å². The van der Waals surface area contributed by atoms with Gasteiger partial charge < -0.3 is 4.74 Å². The molecule has 3 nitrogen and oxygen atoms in total. The molecule has 1 fully saturated rings. The molecule has 3 rings (SSSR count). The van der Waals surface area contributed by atoms with Crippen LogP contribution in [0.2, 0.25) is 0 Å². The summed E-state index contributed by atoms with van der Waals surface area (Å²) in [7, 11) is 1.71. The van der Waals surface area contributed by atoms with Crippen LogP contribution in [0.15, 0.2) is 35.8 Å². The average Bonchev–Trinajstić information content (AvgIpc) is 3.08. The number of thiophene rings is 1. The number of likely N-dealkylation sites (tertiary alicyclic amines) is 1. The maximum absolute atomic E-state index is 5.31. The summed E-state index contributed by atoms with van der Waals surface area (Å²) in [6.07, 6.45) is 8.28. The van der Waals surface area contributed by atoms with Gasteiger partial charge in [-0.2, -0.15) is 0 Å². The van der Waals surface area contributed by atoms with E-state index in [0.29, 0.717) is 6.04 Å². The Morgan fingerprint density at radius 1 is 1.36 bits per heavy atom. The van der Waals surface area contributed by atoms with E-state index in [1.54, 1.807) is 7.11 Å². The fourth-order valence-electron chi connectivity index (χ4n) is 3.24. The van der Waals surface area contributed by atoms with Crippen molar-refractivity contribution >= 4 is 11.3 Å². The Hall–Kier alpha value is -1.39. The van der Waals surface area contributed by atoms with Crippen molar-refractivity contribution in [2.24, 2.45) is 0 Å². The van der Waals surface area contributed by atoms with E-state index in [9.17, 15) is 0 Å². The first-order chi connectivity index (χ1) is 10.8. The molecule has 0 N–H and O–H groups in total. The van der Waals surface area contributed by atoms with Gasteiger partial charge in [0.05, 0.1) is 12.8 Å². The summed E-state index contributed by atoms with van der Waals surface area (Å²) in [5.74, 6) is 0.900. The van der Waals surface area contributed by atoms with Crippen LogP contribution in [-0.2, 0) is 13.0 Å². The first-order valence-electron chi connectivity index (χ1n) is 8.10. The van der Waals surface area contributed by atoms with Gasteiger partial charge in [-0.1, -0.05) is 12.5 Å². The zero-order valence-electron chi connectivity index (χ0n) is 13.2. The summed E-state index contributed by atoms with van der Waals surface area (Å²) < 4.78 is 5.31. The van der Waals surface area contributed by atoms with Crippen LogP contribution in [0.1, 0.15) is 36.3 Å². The maximum atomic E-state index is 5.31. The molecular formula is C18H24N2OS. The Kier molecular flexibility index (Phi) is 5.46. The van der Waals surface area contributed by atoms with Crippen LogP contribution in [0.5, 0.6) is 5.75 Å². The third-order valence-electron chi connectivity index (χ3n) is 4.44. The van der Waals surface area contributed by atoms with Crippen LogP contribution in [0.3, 0.4) is 0 Å². The standard InChI is InChI=1S/C18H24N2OS/c1-21-17-9-10-19-15(13-17)14-20-11-3-2-5-16(20)7-8-18-6-4-12-22-18/h4,6,9-10,12-13,16H,2-3,5,7-8,11,14H2,1H3. The molecule has 1 aliphatic heterocycles. The number of hydrogen-bond donors (Lipinski definition) is 0. The van der Waals surface area contributed by atoms with Crippen LogP contribution in [0.4, 0.5) is 0 Å². The Morgan fingerprint density at radius 2 is 2.32 bits per heavy atom. The summed E-state index contributed by atoms with van der Waals surface area (Å²) in [5, 5.41) is 2.17. The van der Waals surface area contributed by atoms with Crippen molar-refractivity contribution in [3.05, 3.63) is 46.4 Å². The molecule has 1 atom stereocenters. The number of pyridine rings is 1. The molecule has 3 heterocycles. The second-order valence-corrected chi connectivity index (χ2v) is 6.96. The Bertz CT molecular complexity index is 570. The van der Waals surface area contributed by atoms with E-state index in [4.69, 9.17) is 4.74 Å². The van der Waals surface area contributed by atoms with E-state index >= 15 is 0 Å². The molecule has 0 radical (unpaired) electrons. The van der Waals surface area contributed by atoms with Gasteiger partial charge in [-0.15, -0.1) is 11.3 Å². The van der Waals surface area contributed by atoms with Gasteiger partial charge in [0, 0.05) is 29.7 Å². The monoisotopic (exact) mass is 316 g/mol. The number of nitrogens with zero attached hydrogens (tertiary/aromatic N) is 2. The summed E-state index contributed by atoms with van der Waals surface area (Å²) in [4.78, 5) is 8.62. The molecule has 0 bridgehead atoms. The van der Waals surface area contributed by atoms with Crippen LogP contribution >= 0.6 is 11.3 Å². The molecule has 1 aliphatic rings. The summed E-state index contributed by atoms with van der Waals surface area (Å²) in [5.41, 5.74) is 1.11. The molecule has 22 heavy (non-hydrogen) atoms. The second-order valence-electron chi connectivity index (χ2n) is 5.93. The number of hydrogen-bond acceptors (Lipinski definition) is 4. The number of aryl methyl sites for hydroxylation is 1. The van der Waals surface area contributed by atoms with Crippen LogP contribution in [0, 0.1) is 0 Å². The van der Waals surface area contributed by atoms with Crippen molar-refractivity contribution in [3.63, 3.8) is 0 Å². The molecule has 0 spiro atoms. The van der Waals surface area contributed by atoms with Crippen LogP contribution in [-0.4, -0.2) is 29.6 Å². The highest BCUT2D eigenvalue weighted by Gasteiger charge is 2.22. The predicted octanol–water partition coefficient (Wildman–Crippen LogP) is 4.14. The third-order valence-corrected chi connectivity index (χ3v) is 5.38. The Morgan fingerprint density at radius 3 is 3.14 bits per heavy atom. The van der Waals surface area contributed by atoms with E-state index < -0.39 is 0 Å². The fraction of sp³-hybridized carbons (Fsp3) is 0.500. The van der Waals surface area contributed by atoms with Gasteiger partial charge in [0.15, 0.2) is 0 Å². The molecule has 118 valence electrons. The first-order valence-corrected chi connectivity index (χ1v) is 8.98. The molecule has 2 aromatic rings. The Labute approximate surface area is 137 Å². The van der Waals surface area contributed by atoms with E-state index in [0.717, 1.165) is 18.0 Å². The minimum absolute atomic E-state index is 0.684. The molecule has 0 amide bonds. The number of aromatic nitrogens is 1. The smallest absolute Gasteiger partial charge is 0.122 e. The van der Waals surface area contributed by atoms with Crippen LogP contribution in [0.25, 0.3) is 0 Å². The molecule has 2 aromatic heterocycles. The van der Waals surface area contributed by atoms with Gasteiger partial charge in [0.2, 0.25) is 0 Å². The van der Waals surface area contributed by atoms with Gasteiger partial charge in [-0.3, -0.25) is 9.88 Å². The van der Waals surface area contributed by atoms with Crippen molar-refractivity contribution in [1.29, 1.82) is 0 Å². The quantitative estimate of drug-likeness (QED) is 0.801. The van der Waals surface area contributed by atoms with E-state index in [2.05, 4.69) is 33.5 Å². The molecule has 0 aliphatic carbocycles. The third kappa shape index (κ3) is 4.08. The van der Waals surface area contributed by atoms with Gasteiger partial charge in [0.1, 0.15) is 5.75 Å². The molecular weight excluding hydrogens is 292 g/mol. The Balaban J connectivity index is 1.61. The molecule has 4 heteroatoms. The lowest BCUT2D eigenvalue weighted by atomic mass is 9.97. The van der Waals surface area contributed by atoms with Gasteiger partial charge >= 0.3 is 0 Å². The number of piperidine rings is 1. The number of rotatable bonds is 6. The van der Waals surface area contributed by atoms with Crippen molar-refractivity contribution in [2.45, 2.75) is 44.7 Å². The average molecular weight is 316 g/mol. The van der Waals surface area contributed by atoms with Crippen LogP contribution < -0.4 is 4.74 Å². The van der Waals surface area contributed by atoms with Crippen molar-refractivity contribution < 1.29 is 4.74 Å². The predicted molar refractivity (Wildman–Crippen MR) is 91.5 cm³/mol. The van der Waals surface area contributed by atoms with Crippen molar-refractivity contribution in [1.82, 2.24) is 9.88 Å². The highest BCUT2D eigenvalue weighted by molar-refractivity contribution is 7.09. The van der Waals surface area contributed by atoms with E-state index in [-0.39, 0.29) is 0 Å². The van der Waals surface area contributed by atoms with Crippen molar-refractivity contribution in [3.8, 4) is 5.75 Å². The maximum Gasteiger partial charge on any atom is 0.122 e. The SMILES string of the molecule is COc1ccnc(CN2CCCCC2CCc2cccs2)c1. The van der Waals surface area contributed by atoms with Gasteiger partial charge in [0.25, 0.3) is 0 Å². The van der Waals surface area contributed by atoms with Crippen molar-refractivity contribution in [2.75, 3.05) is 13.7 Å². The van der Waals surface area contributed by atoms with Gasteiger partial charge in [-0.25, -0.2) is 0 Å². The first kappa shape index (κ1) is 15.5. The van der Waals surface area contributed by atoms with E-state index in [1.807, 2.05) is 23.6 Å².